The fourth-order valence-corrected chi connectivity index (χ4v) is 1.61. The number of carbonyl (C=O) groups excluding carboxylic acids is 1. The molecule has 1 aliphatic rings. The van der Waals surface area contributed by atoms with E-state index in [1.165, 1.54) is 19.3 Å². The fraction of sp³-hybridized carbons (Fsp3) is 0.727. The normalized spacial score (nSPS) is 20.7. The third kappa shape index (κ3) is 3.05. The standard InChI is InChI=1S/C11H19NO2/c1-3-14-11(13)9(2)10-7-5-4-6-8-12-10/h12H,3-8H2,1-2H3. The molecule has 1 saturated heterocycles. The van der Waals surface area contributed by atoms with Crippen LogP contribution in [0.15, 0.2) is 11.3 Å². The van der Waals surface area contributed by atoms with Crippen LogP contribution >= 0.6 is 0 Å². The van der Waals surface area contributed by atoms with Gasteiger partial charge in [0.2, 0.25) is 0 Å². The Morgan fingerprint density at radius 3 is 2.93 bits per heavy atom. The summed E-state index contributed by atoms with van der Waals surface area (Å²) in [7, 11) is 0. The van der Waals surface area contributed by atoms with Crippen LogP contribution < -0.4 is 5.32 Å². The van der Waals surface area contributed by atoms with Crippen molar-refractivity contribution in [1.29, 1.82) is 0 Å². The van der Waals surface area contributed by atoms with Gasteiger partial charge in [0.25, 0.3) is 0 Å². The highest BCUT2D eigenvalue weighted by Gasteiger charge is 2.12. The molecule has 0 amide bonds. The second kappa shape index (κ2) is 5.68. The first-order valence-electron chi connectivity index (χ1n) is 5.36. The van der Waals surface area contributed by atoms with E-state index in [0.29, 0.717) is 6.61 Å². The maximum Gasteiger partial charge on any atom is 0.335 e. The van der Waals surface area contributed by atoms with Gasteiger partial charge in [-0.15, -0.1) is 0 Å². The van der Waals surface area contributed by atoms with E-state index in [4.69, 9.17) is 4.74 Å². The zero-order valence-corrected chi connectivity index (χ0v) is 9.06. The lowest BCUT2D eigenvalue weighted by Crippen LogP contribution is -2.18. The summed E-state index contributed by atoms with van der Waals surface area (Å²) in [6, 6.07) is 0. The van der Waals surface area contributed by atoms with Crippen molar-refractivity contribution in [2.45, 2.75) is 39.5 Å². The highest BCUT2D eigenvalue weighted by atomic mass is 16.5. The molecule has 0 saturated carbocycles. The number of nitrogens with one attached hydrogen (secondary N) is 1. The van der Waals surface area contributed by atoms with Crippen molar-refractivity contribution in [3.63, 3.8) is 0 Å². The molecule has 3 nitrogen and oxygen atoms in total. The minimum Gasteiger partial charge on any atom is -0.463 e. The SMILES string of the molecule is CCOC(=O)C(C)=C1CCCCCN1. The number of carbonyl (C=O) groups is 1. The molecule has 0 unspecified atom stereocenters. The van der Waals surface area contributed by atoms with Gasteiger partial charge in [0, 0.05) is 12.2 Å². The molecule has 3 heteroatoms. The van der Waals surface area contributed by atoms with E-state index in [0.717, 1.165) is 24.2 Å². The van der Waals surface area contributed by atoms with Gasteiger partial charge >= 0.3 is 5.97 Å². The Hall–Kier alpha value is -0.990. The lowest BCUT2D eigenvalue weighted by atomic mass is 10.1. The Balaban J connectivity index is 2.64. The molecule has 0 bridgehead atoms. The molecule has 1 aliphatic heterocycles. The zero-order valence-electron chi connectivity index (χ0n) is 9.06. The molecule has 0 radical (unpaired) electrons. The van der Waals surface area contributed by atoms with Crippen LogP contribution in [0.3, 0.4) is 0 Å². The summed E-state index contributed by atoms with van der Waals surface area (Å²) < 4.78 is 4.96. The van der Waals surface area contributed by atoms with Gasteiger partial charge < -0.3 is 10.1 Å². The van der Waals surface area contributed by atoms with Gasteiger partial charge in [-0.05, 0) is 33.1 Å². The van der Waals surface area contributed by atoms with E-state index in [-0.39, 0.29) is 5.97 Å². The maximum absolute atomic E-state index is 11.4. The van der Waals surface area contributed by atoms with Crippen LogP contribution in [-0.2, 0) is 9.53 Å². The Morgan fingerprint density at radius 1 is 1.43 bits per heavy atom. The Labute approximate surface area is 85.5 Å². The quantitative estimate of drug-likeness (QED) is 0.543. The fourth-order valence-electron chi connectivity index (χ4n) is 1.61. The first-order valence-corrected chi connectivity index (χ1v) is 5.36. The summed E-state index contributed by atoms with van der Waals surface area (Å²) in [5, 5.41) is 3.30. The van der Waals surface area contributed by atoms with Crippen molar-refractivity contribution in [2.24, 2.45) is 0 Å². The number of allylic oxidation sites excluding steroid dienone is 1. The minimum absolute atomic E-state index is 0.183. The van der Waals surface area contributed by atoms with E-state index in [1.54, 1.807) is 0 Å². The summed E-state index contributed by atoms with van der Waals surface area (Å²) in [4.78, 5) is 11.4. The lowest BCUT2D eigenvalue weighted by Gasteiger charge is -2.10. The molecule has 0 aromatic heterocycles. The summed E-state index contributed by atoms with van der Waals surface area (Å²) in [6.45, 7) is 5.09. The van der Waals surface area contributed by atoms with Crippen molar-refractivity contribution in [3.05, 3.63) is 11.3 Å². The highest BCUT2D eigenvalue weighted by Crippen LogP contribution is 2.15. The van der Waals surface area contributed by atoms with Crippen LogP contribution in [0.4, 0.5) is 0 Å². The van der Waals surface area contributed by atoms with Crippen LogP contribution in [-0.4, -0.2) is 19.1 Å². The third-order valence-corrected chi connectivity index (χ3v) is 2.48. The summed E-state index contributed by atoms with van der Waals surface area (Å²) in [5.74, 6) is -0.183. The summed E-state index contributed by atoms with van der Waals surface area (Å²) in [6.07, 6.45) is 4.58. The predicted octanol–water partition coefficient (Wildman–Crippen LogP) is 1.99. The van der Waals surface area contributed by atoms with Gasteiger partial charge in [0.05, 0.1) is 12.2 Å². The molecular weight excluding hydrogens is 178 g/mol. The van der Waals surface area contributed by atoms with Crippen molar-refractivity contribution in [2.75, 3.05) is 13.2 Å². The van der Waals surface area contributed by atoms with Crippen molar-refractivity contribution >= 4 is 5.97 Å². The van der Waals surface area contributed by atoms with Crippen LogP contribution in [0.1, 0.15) is 39.5 Å². The molecule has 0 aromatic carbocycles. The van der Waals surface area contributed by atoms with Gasteiger partial charge in [-0.3, -0.25) is 0 Å². The van der Waals surface area contributed by atoms with E-state index in [1.807, 2.05) is 13.8 Å². The smallest absolute Gasteiger partial charge is 0.335 e. The van der Waals surface area contributed by atoms with E-state index < -0.39 is 0 Å². The first kappa shape index (κ1) is 11.1. The van der Waals surface area contributed by atoms with Crippen LogP contribution in [0.2, 0.25) is 0 Å². The zero-order chi connectivity index (χ0) is 10.4. The molecule has 0 spiro atoms. The van der Waals surface area contributed by atoms with Gasteiger partial charge in [-0.1, -0.05) is 6.42 Å². The maximum atomic E-state index is 11.4. The monoisotopic (exact) mass is 197 g/mol. The second-order valence-electron chi connectivity index (χ2n) is 3.56. The molecular formula is C11H19NO2. The third-order valence-electron chi connectivity index (χ3n) is 2.48. The number of ether oxygens (including phenoxy) is 1. The topological polar surface area (TPSA) is 38.3 Å². The number of hydrogen-bond acceptors (Lipinski definition) is 3. The predicted molar refractivity (Wildman–Crippen MR) is 55.8 cm³/mol. The van der Waals surface area contributed by atoms with E-state index in [9.17, 15) is 4.79 Å². The second-order valence-corrected chi connectivity index (χ2v) is 3.56. The Kier molecular flexibility index (Phi) is 4.50. The van der Waals surface area contributed by atoms with Crippen molar-refractivity contribution in [1.82, 2.24) is 5.32 Å². The molecule has 1 fully saturated rings. The number of hydrogen-bond donors (Lipinski definition) is 1. The molecule has 0 aliphatic carbocycles. The largest absolute Gasteiger partial charge is 0.463 e. The average Bonchev–Trinajstić information content (AvgIpc) is 2.45. The summed E-state index contributed by atoms with van der Waals surface area (Å²) >= 11 is 0. The van der Waals surface area contributed by atoms with Gasteiger partial charge in [0.1, 0.15) is 0 Å². The molecule has 0 atom stereocenters. The molecule has 1 rings (SSSR count). The van der Waals surface area contributed by atoms with Crippen LogP contribution in [0, 0.1) is 0 Å². The Morgan fingerprint density at radius 2 is 2.21 bits per heavy atom. The molecule has 80 valence electrons. The van der Waals surface area contributed by atoms with Crippen molar-refractivity contribution < 1.29 is 9.53 Å². The minimum atomic E-state index is -0.183. The van der Waals surface area contributed by atoms with Gasteiger partial charge in [-0.2, -0.15) is 0 Å². The molecule has 14 heavy (non-hydrogen) atoms. The first-order chi connectivity index (χ1) is 6.75. The Bertz CT molecular complexity index is 223. The summed E-state index contributed by atoms with van der Waals surface area (Å²) in [5.41, 5.74) is 1.81. The lowest BCUT2D eigenvalue weighted by molar-refractivity contribution is -0.138. The van der Waals surface area contributed by atoms with Crippen molar-refractivity contribution in [3.8, 4) is 0 Å². The molecule has 1 heterocycles. The molecule has 0 aromatic rings. The van der Waals surface area contributed by atoms with E-state index in [2.05, 4.69) is 5.32 Å². The molecule has 1 N–H and O–H groups in total. The number of rotatable bonds is 2. The average molecular weight is 197 g/mol. The van der Waals surface area contributed by atoms with Crippen LogP contribution in [0.5, 0.6) is 0 Å². The van der Waals surface area contributed by atoms with Gasteiger partial charge in [-0.25, -0.2) is 4.79 Å². The number of esters is 1. The van der Waals surface area contributed by atoms with E-state index >= 15 is 0 Å². The highest BCUT2D eigenvalue weighted by molar-refractivity contribution is 5.88. The van der Waals surface area contributed by atoms with Gasteiger partial charge in [0.15, 0.2) is 0 Å². The van der Waals surface area contributed by atoms with Crippen LogP contribution in [0.25, 0.3) is 0 Å².